The zero-order chi connectivity index (χ0) is 42.9. The van der Waals surface area contributed by atoms with Crippen LogP contribution in [0, 0.1) is 5.92 Å². The lowest BCUT2D eigenvalue weighted by Crippen LogP contribution is -2.51. The summed E-state index contributed by atoms with van der Waals surface area (Å²) in [5.74, 6) is 1.61. The average molecular weight is 833 g/mol. The van der Waals surface area contributed by atoms with Gasteiger partial charge in [0.2, 0.25) is 5.91 Å². The highest BCUT2D eigenvalue weighted by molar-refractivity contribution is 5.86. The summed E-state index contributed by atoms with van der Waals surface area (Å²) in [6.07, 6.45) is 13.6. The number of nitrogens with one attached hydrogen (secondary N) is 4. The van der Waals surface area contributed by atoms with Gasteiger partial charge < -0.3 is 35.0 Å². The number of methoxy groups -OCH3 is 1. The predicted octanol–water partition coefficient (Wildman–Crippen LogP) is 8.79. The van der Waals surface area contributed by atoms with Gasteiger partial charge >= 0.3 is 12.2 Å². The monoisotopic (exact) mass is 832 g/mol. The third kappa shape index (κ3) is 8.94. The number of carbonyl (C=O) groups is 3. The first-order chi connectivity index (χ1) is 29.3. The van der Waals surface area contributed by atoms with Gasteiger partial charge in [-0.1, -0.05) is 68.4 Å². The van der Waals surface area contributed by atoms with E-state index in [9.17, 15) is 14.4 Å². The molecule has 4 heterocycles. The molecule has 3 amide bonds. The molecule has 4 atom stereocenters. The van der Waals surface area contributed by atoms with Gasteiger partial charge in [-0.3, -0.25) is 9.69 Å². The molecule has 4 N–H and O–H groups in total. The molecule has 2 aromatic heterocycles. The Balaban J connectivity index is 0.903. The number of aromatic nitrogens is 4. The number of hydrogen-bond acceptors (Lipinski definition) is 8. The molecule has 13 nitrogen and oxygen atoms in total. The minimum absolute atomic E-state index is 0.0860. The maximum Gasteiger partial charge on any atom is 0.408 e. The summed E-state index contributed by atoms with van der Waals surface area (Å²) in [5.41, 5.74) is 5.48. The molecule has 2 bridgehead atoms. The number of alkyl carbamates (subject to hydrolysis) is 2. The van der Waals surface area contributed by atoms with Crippen molar-refractivity contribution >= 4 is 18.1 Å². The smallest absolute Gasteiger partial charge is 0.408 e. The summed E-state index contributed by atoms with van der Waals surface area (Å²) in [7, 11) is 1.31. The van der Waals surface area contributed by atoms with Crippen LogP contribution in [-0.2, 0) is 25.1 Å². The van der Waals surface area contributed by atoms with Gasteiger partial charge in [0.1, 0.15) is 23.3 Å². The maximum atomic E-state index is 13.6. The van der Waals surface area contributed by atoms with Crippen molar-refractivity contribution in [3.8, 4) is 11.3 Å². The molecule has 5 fully saturated rings. The zero-order valence-electron chi connectivity index (χ0n) is 36.8. The molecule has 326 valence electrons. The number of hydrogen-bond donors (Lipinski definition) is 4. The Morgan fingerprint density at radius 1 is 0.803 bits per heavy atom. The molecule has 2 saturated heterocycles. The lowest BCUT2D eigenvalue weighted by atomic mass is 9.51. The number of likely N-dealkylation sites (tertiary alicyclic amines) is 2. The fraction of sp³-hybridized carbons (Fsp3) is 0.562. The minimum atomic E-state index is -0.666. The van der Waals surface area contributed by atoms with Gasteiger partial charge in [-0.05, 0) is 120 Å². The van der Waals surface area contributed by atoms with E-state index in [4.69, 9.17) is 19.4 Å². The number of H-pyrrole nitrogens is 2. The Bertz CT molecular complexity index is 2130. The molecule has 0 radical (unpaired) electrons. The molecule has 4 unspecified atom stereocenters. The van der Waals surface area contributed by atoms with E-state index in [1.165, 1.54) is 18.4 Å². The topological polar surface area (TPSA) is 158 Å². The number of aromatic amines is 2. The molecular weight excluding hydrogens is 769 g/mol. The van der Waals surface area contributed by atoms with E-state index in [1.807, 2.05) is 63.9 Å². The van der Waals surface area contributed by atoms with Crippen LogP contribution in [0.25, 0.3) is 11.3 Å². The Hall–Kier alpha value is -5.17. The van der Waals surface area contributed by atoms with Crippen LogP contribution >= 0.6 is 0 Å². The number of nitrogens with zero attached hydrogens (tertiary/aromatic N) is 4. The van der Waals surface area contributed by atoms with Gasteiger partial charge in [0, 0.05) is 30.4 Å². The van der Waals surface area contributed by atoms with Crippen LogP contribution in [0.2, 0.25) is 0 Å². The standard InChI is InChI=1S/C48H64N8O5/c1-31(2)40(54-44(58)60-6)43(57)56-27-11-15-38(56)42-49-28-35(51-42)33-16-18-34(19-17-33)47-20-23-48(24-21-47,25-22-47)39-29-50-41(53-39)37-14-10-26-55(37)30-36(32-12-8-7-9-13-32)52-45(59)61-46(3,4)5/h7-9,12-13,16-19,28-29,31,36-38,40H,10-11,14-15,20-27,30H2,1-6H3,(H,49,51)(H,50,53)(H,52,59)(H,54,58). The average Bonchev–Trinajstić information content (AvgIpc) is 4.10. The quantitative estimate of drug-likeness (QED) is 0.110. The molecule has 4 aromatic rings. The van der Waals surface area contributed by atoms with Gasteiger partial charge in [-0.2, -0.15) is 0 Å². The van der Waals surface area contributed by atoms with Crippen LogP contribution in [-0.4, -0.2) is 86.2 Å². The number of rotatable bonds is 12. The highest BCUT2D eigenvalue weighted by Gasteiger charge is 2.51. The first kappa shape index (κ1) is 42.5. The van der Waals surface area contributed by atoms with Crippen LogP contribution in [0.1, 0.15) is 145 Å². The van der Waals surface area contributed by atoms with Crippen LogP contribution in [0.4, 0.5) is 9.59 Å². The molecule has 13 heteroatoms. The molecule has 9 rings (SSSR count). The summed E-state index contributed by atoms with van der Waals surface area (Å²) >= 11 is 0. The third-order valence-corrected chi connectivity index (χ3v) is 14.0. The van der Waals surface area contributed by atoms with Crippen molar-refractivity contribution in [1.29, 1.82) is 0 Å². The summed E-state index contributed by atoms with van der Waals surface area (Å²) in [6.45, 7) is 11.8. The third-order valence-electron chi connectivity index (χ3n) is 14.0. The number of imidazole rings is 2. The lowest BCUT2D eigenvalue weighted by Gasteiger charge is -2.53. The largest absolute Gasteiger partial charge is 0.453 e. The summed E-state index contributed by atoms with van der Waals surface area (Å²) in [6, 6.07) is 18.4. The Morgan fingerprint density at radius 2 is 1.44 bits per heavy atom. The van der Waals surface area contributed by atoms with Crippen molar-refractivity contribution in [2.24, 2.45) is 5.92 Å². The number of fused-ring (bicyclic) bond motifs is 3. The van der Waals surface area contributed by atoms with Gasteiger partial charge in [0.15, 0.2) is 0 Å². The minimum Gasteiger partial charge on any atom is -0.453 e. The fourth-order valence-electron chi connectivity index (χ4n) is 10.6. The highest BCUT2D eigenvalue weighted by atomic mass is 16.6. The van der Waals surface area contributed by atoms with Crippen molar-refractivity contribution in [1.82, 2.24) is 40.4 Å². The fourth-order valence-corrected chi connectivity index (χ4v) is 10.6. The SMILES string of the molecule is COC(=O)NC(C(=O)N1CCCC1c1ncc(-c2ccc(C34CCC(c5cnc(C6CCCN6CC(NC(=O)OC(C)(C)C)c6ccccc6)[nH]5)(CC3)CC4)cc2)[nH]1)C(C)C. The normalized spacial score (nSPS) is 25.1. The van der Waals surface area contributed by atoms with E-state index in [0.29, 0.717) is 13.1 Å². The lowest BCUT2D eigenvalue weighted by molar-refractivity contribution is -0.135. The Kier molecular flexibility index (Phi) is 12.1. The second kappa shape index (κ2) is 17.3. The first-order valence-corrected chi connectivity index (χ1v) is 22.4. The number of ether oxygens (including phenoxy) is 2. The van der Waals surface area contributed by atoms with E-state index >= 15 is 0 Å². The zero-order valence-corrected chi connectivity index (χ0v) is 36.8. The van der Waals surface area contributed by atoms with Gasteiger partial charge in [0.25, 0.3) is 0 Å². The molecule has 3 aliphatic carbocycles. The van der Waals surface area contributed by atoms with Crippen molar-refractivity contribution in [3.05, 3.63) is 95.5 Å². The molecule has 61 heavy (non-hydrogen) atoms. The second-order valence-corrected chi connectivity index (χ2v) is 19.3. The van der Waals surface area contributed by atoms with Crippen molar-refractivity contribution in [2.75, 3.05) is 26.7 Å². The molecule has 2 aromatic carbocycles. The van der Waals surface area contributed by atoms with Crippen LogP contribution < -0.4 is 10.6 Å². The van der Waals surface area contributed by atoms with Crippen LogP contribution in [0.3, 0.4) is 0 Å². The van der Waals surface area contributed by atoms with Gasteiger partial charge in [-0.15, -0.1) is 0 Å². The molecule has 0 spiro atoms. The molecular formula is C48H64N8O5. The second-order valence-electron chi connectivity index (χ2n) is 19.3. The van der Waals surface area contributed by atoms with E-state index in [2.05, 4.69) is 68.1 Å². The van der Waals surface area contributed by atoms with Gasteiger partial charge in [0.05, 0.1) is 37.1 Å². The number of amides is 3. The predicted molar refractivity (Wildman–Crippen MR) is 234 cm³/mol. The van der Waals surface area contributed by atoms with E-state index in [1.54, 1.807) is 0 Å². The van der Waals surface area contributed by atoms with E-state index in [0.717, 1.165) is 99.2 Å². The van der Waals surface area contributed by atoms with Crippen molar-refractivity contribution < 1.29 is 23.9 Å². The molecule has 2 aliphatic heterocycles. The van der Waals surface area contributed by atoms with Crippen LogP contribution in [0.5, 0.6) is 0 Å². The van der Waals surface area contributed by atoms with E-state index < -0.39 is 23.8 Å². The van der Waals surface area contributed by atoms with Crippen LogP contribution in [0.15, 0.2) is 67.0 Å². The van der Waals surface area contributed by atoms with Gasteiger partial charge in [-0.25, -0.2) is 19.6 Å². The Morgan fingerprint density at radius 3 is 2.11 bits per heavy atom. The highest BCUT2D eigenvalue weighted by Crippen LogP contribution is 2.58. The first-order valence-electron chi connectivity index (χ1n) is 22.4. The Labute approximate surface area is 360 Å². The van der Waals surface area contributed by atoms with Crippen molar-refractivity contribution in [3.63, 3.8) is 0 Å². The number of carbonyl (C=O) groups excluding carboxylic acids is 3. The van der Waals surface area contributed by atoms with E-state index in [-0.39, 0.29) is 40.8 Å². The summed E-state index contributed by atoms with van der Waals surface area (Å²) in [4.78, 5) is 60.1. The van der Waals surface area contributed by atoms with Crippen molar-refractivity contribution in [2.45, 2.75) is 139 Å². The number of benzene rings is 2. The maximum absolute atomic E-state index is 13.6. The summed E-state index contributed by atoms with van der Waals surface area (Å²) in [5, 5.41) is 5.89. The molecule has 3 saturated carbocycles. The summed E-state index contributed by atoms with van der Waals surface area (Å²) < 4.78 is 10.4. The molecule has 5 aliphatic rings.